The van der Waals surface area contributed by atoms with Gasteiger partial charge in [-0.3, -0.25) is 0 Å². The van der Waals surface area contributed by atoms with Gasteiger partial charge in [-0.05, 0) is 50.2 Å². The number of pyridine rings is 1. The number of piperazine rings is 1. The molecule has 1 aliphatic rings. The number of alkyl halides is 6. The van der Waals surface area contributed by atoms with Crippen molar-refractivity contribution < 1.29 is 26.3 Å². The zero-order valence-corrected chi connectivity index (χ0v) is 20.8. The van der Waals surface area contributed by atoms with Gasteiger partial charge in [-0.25, -0.2) is 4.98 Å². The fraction of sp³-hybridized carbons (Fsp3) is 0.417. The molecule has 1 aliphatic heterocycles. The van der Waals surface area contributed by atoms with E-state index in [0.717, 1.165) is 18.2 Å². The first-order valence-electron chi connectivity index (χ1n) is 11.8. The van der Waals surface area contributed by atoms with Crippen molar-refractivity contribution in [2.75, 3.05) is 53.2 Å². The molecule has 3 heterocycles. The number of hydrogen-bond donors (Lipinski definition) is 1. The van der Waals surface area contributed by atoms with Crippen LogP contribution in [-0.4, -0.2) is 59.2 Å². The number of anilines is 5. The van der Waals surface area contributed by atoms with E-state index in [2.05, 4.69) is 25.3 Å². The maximum Gasteiger partial charge on any atom is 0.419 e. The van der Waals surface area contributed by atoms with Crippen LogP contribution in [0.25, 0.3) is 0 Å². The molecule has 38 heavy (non-hydrogen) atoms. The molecule has 1 saturated heterocycles. The number of nitrogens with zero attached hydrogens (tertiary/aromatic N) is 7. The highest BCUT2D eigenvalue weighted by Gasteiger charge is 2.36. The summed E-state index contributed by atoms with van der Waals surface area (Å²) >= 11 is 0. The van der Waals surface area contributed by atoms with Gasteiger partial charge in [-0.2, -0.15) is 41.3 Å². The number of aromatic nitrogens is 4. The summed E-state index contributed by atoms with van der Waals surface area (Å²) in [5, 5.41) is 2.93. The summed E-state index contributed by atoms with van der Waals surface area (Å²) in [7, 11) is 1.80. The van der Waals surface area contributed by atoms with Crippen LogP contribution in [0.5, 0.6) is 0 Å². The Kier molecular flexibility index (Phi) is 7.51. The molecule has 0 spiro atoms. The lowest BCUT2D eigenvalue weighted by Crippen LogP contribution is -2.48. The van der Waals surface area contributed by atoms with Crippen LogP contribution in [0.4, 0.5) is 55.7 Å². The van der Waals surface area contributed by atoms with Gasteiger partial charge < -0.3 is 20.0 Å². The highest BCUT2D eigenvalue weighted by molar-refractivity contribution is 5.57. The minimum atomic E-state index is -4.52. The van der Waals surface area contributed by atoms with Crippen LogP contribution in [-0.2, 0) is 12.4 Å². The summed E-state index contributed by atoms with van der Waals surface area (Å²) in [6.45, 7) is 5.03. The maximum atomic E-state index is 13.5. The molecule has 0 unspecified atom stereocenters. The van der Waals surface area contributed by atoms with Gasteiger partial charge in [0.15, 0.2) is 0 Å². The number of nitrogens with one attached hydrogen (secondary N) is 1. The summed E-state index contributed by atoms with van der Waals surface area (Å²) < 4.78 is 79.1. The SMILES string of the molecule is CC(C)N(C)c1nc(Nc2ccc(C(F)(F)F)cc2)nc(N2CCN(c3ncccc3C(F)(F)F)CC2)n1. The first-order chi connectivity index (χ1) is 17.8. The zero-order valence-electron chi connectivity index (χ0n) is 20.8. The van der Waals surface area contributed by atoms with Gasteiger partial charge in [0.25, 0.3) is 0 Å². The normalized spacial score (nSPS) is 14.7. The lowest BCUT2D eigenvalue weighted by atomic mass is 10.2. The average molecular weight is 541 g/mol. The second kappa shape index (κ2) is 10.5. The predicted molar refractivity (Wildman–Crippen MR) is 132 cm³/mol. The molecule has 0 bridgehead atoms. The molecule has 4 rings (SSSR count). The van der Waals surface area contributed by atoms with E-state index < -0.39 is 23.5 Å². The second-order valence-corrected chi connectivity index (χ2v) is 9.01. The standard InChI is InChI=1S/C24H26F6N8/c1-15(2)36(3)21-33-20(32-17-8-6-16(7-9-17)23(25,26)27)34-22(35-21)38-13-11-37(12-14-38)19-18(24(28,29)30)5-4-10-31-19/h4-10,15H,11-14H2,1-3H3,(H,32,33,34,35). The molecule has 3 aromatic rings. The molecule has 0 radical (unpaired) electrons. The second-order valence-electron chi connectivity index (χ2n) is 9.01. The van der Waals surface area contributed by atoms with Crippen LogP contribution in [0.3, 0.4) is 0 Å². The Morgan fingerprint density at radius 3 is 2.05 bits per heavy atom. The monoisotopic (exact) mass is 540 g/mol. The summed E-state index contributed by atoms with van der Waals surface area (Å²) in [5.74, 6) is 0.642. The largest absolute Gasteiger partial charge is 0.419 e. The molecule has 0 aliphatic carbocycles. The predicted octanol–water partition coefficient (Wildman–Crippen LogP) is 5.22. The van der Waals surface area contributed by atoms with Gasteiger partial charge in [-0.1, -0.05) is 0 Å². The van der Waals surface area contributed by atoms with Crippen molar-refractivity contribution in [3.05, 3.63) is 53.7 Å². The number of benzene rings is 1. The summed E-state index contributed by atoms with van der Waals surface area (Å²) in [5.41, 5.74) is -1.22. The van der Waals surface area contributed by atoms with Crippen LogP contribution >= 0.6 is 0 Å². The van der Waals surface area contributed by atoms with Gasteiger partial charge in [0, 0.05) is 51.2 Å². The van der Waals surface area contributed by atoms with Crippen molar-refractivity contribution in [2.24, 2.45) is 0 Å². The van der Waals surface area contributed by atoms with Gasteiger partial charge in [0.2, 0.25) is 17.8 Å². The molecule has 0 atom stereocenters. The van der Waals surface area contributed by atoms with E-state index in [1.165, 1.54) is 24.4 Å². The molecule has 0 amide bonds. The van der Waals surface area contributed by atoms with Gasteiger partial charge in [0.1, 0.15) is 5.82 Å². The molecule has 8 nitrogen and oxygen atoms in total. The van der Waals surface area contributed by atoms with Crippen LogP contribution in [0.2, 0.25) is 0 Å². The summed E-state index contributed by atoms with van der Waals surface area (Å²) in [6.07, 6.45) is -7.65. The minimum absolute atomic E-state index is 0.0333. The highest BCUT2D eigenvalue weighted by Crippen LogP contribution is 2.35. The zero-order chi connectivity index (χ0) is 27.7. The highest BCUT2D eigenvalue weighted by atomic mass is 19.4. The number of halogens is 6. The molecular formula is C24H26F6N8. The van der Waals surface area contributed by atoms with Gasteiger partial charge in [-0.15, -0.1) is 0 Å². The van der Waals surface area contributed by atoms with E-state index in [0.29, 0.717) is 30.7 Å². The lowest BCUT2D eigenvalue weighted by molar-refractivity contribution is -0.138. The lowest BCUT2D eigenvalue weighted by Gasteiger charge is -2.36. The molecule has 204 valence electrons. The van der Waals surface area contributed by atoms with Crippen LogP contribution in [0, 0.1) is 0 Å². The Balaban J connectivity index is 1.56. The Morgan fingerprint density at radius 1 is 0.842 bits per heavy atom. The fourth-order valence-corrected chi connectivity index (χ4v) is 3.80. The average Bonchev–Trinajstić information content (AvgIpc) is 2.87. The Labute approximate surface area is 215 Å². The van der Waals surface area contributed by atoms with Gasteiger partial charge in [0.05, 0.1) is 11.1 Å². The van der Waals surface area contributed by atoms with E-state index in [1.54, 1.807) is 11.9 Å². The van der Waals surface area contributed by atoms with Crippen molar-refractivity contribution in [1.82, 2.24) is 19.9 Å². The molecule has 1 N–H and O–H groups in total. The summed E-state index contributed by atoms with van der Waals surface area (Å²) in [4.78, 5) is 22.6. The van der Waals surface area contributed by atoms with Crippen molar-refractivity contribution >= 4 is 29.4 Å². The third-order valence-electron chi connectivity index (χ3n) is 6.12. The first-order valence-corrected chi connectivity index (χ1v) is 11.8. The van der Waals surface area contributed by atoms with Gasteiger partial charge >= 0.3 is 12.4 Å². The molecule has 2 aromatic heterocycles. The Hall–Kier alpha value is -3.84. The van der Waals surface area contributed by atoms with Crippen molar-refractivity contribution in [2.45, 2.75) is 32.2 Å². The third kappa shape index (κ3) is 6.17. The third-order valence-corrected chi connectivity index (χ3v) is 6.12. The quantitative estimate of drug-likeness (QED) is 0.427. The Bertz CT molecular complexity index is 1240. The maximum absolute atomic E-state index is 13.5. The minimum Gasteiger partial charge on any atom is -0.353 e. The first kappa shape index (κ1) is 27.2. The smallest absolute Gasteiger partial charge is 0.353 e. The van der Waals surface area contributed by atoms with E-state index in [9.17, 15) is 26.3 Å². The molecule has 14 heteroatoms. The molecule has 0 saturated carbocycles. The van der Waals surface area contributed by atoms with Crippen LogP contribution < -0.4 is 20.0 Å². The Morgan fingerprint density at radius 2 is 1.47 bits per heavy atom. The van der Waals surface area contributed by atoms with Crippen LogP contribution in [0.15, 0.2) is 42.6 Å². The molecule has 1 fully saturated rings. The van der Waals surface area contributed by atoms with E-state index in [4.69, 9.17) is 0 Å². The van der Waals surface area contributed by atoms with Crippen molar-refractivity contribution in [3.8, 4) is 0 Å². The number of hydrogen-bond acceptors (Lipinski definition) is 8. The van der Waals surface area contributed by atoms with E-state index in [1.807, 2.05) is 23.6 Å². The number of rotatable bonds is 6. The molecular weight excluding hydrogens is 514 g/mol. The fourth-order valence-electron chi connectivity index (χ4n) is 3.80. The summed E-state index contributed by atoms with van der Waals surface area (Å²) in [6, 6.07) is 6.77. The van der Waals surface area contributed by atoms with Crippen molar-refractivity contribution in [3.63, 3.8) is 0 Å². The van der Waals surface area contributed by atoms with E-state index in [-0.39, 0.29) is 30.9 Å². The topological polar surface area (TPSA) is 73.3 Å². The van der Waals surface area contributed by atoms with Crippen LogP contribution in [0.1, 0.15) is 25.0 Å². The van der Waals surface area contributed by atoms with Crippen molar-refractivity contribution in [1.29, 1.82) is 0 Å². The van der Waals surface area contributed by atoms with E-state index >= 15 is 0 Å². The molecule has 1 aromatic carbocycles.